The molecule has 6 rings (SSSR count). The van der Waals surface area contributed by atoms with E-state index in [4.69, 9.17) is 14.5 Å². The third-order valence-electron chi connectivity index (χ3n) is 5.17. The Morgan fingerprint density at radius 1 is 1.21 bits per heavy atom. The lowest BCUT2D eigenvalue weighted by Crippen LogP contribution is -1.92. The molecule has 5 heterocycles. The minimum Gasteiger partial charge on any atom is -0.454 e. The standard InChI is InChI=1S/C20H16N6O2S/c1-3-12-10(2)29-20-17(12)19-22-18(25-26(19)8-21-20)14-7-13(23-24-14)11-4-5-15-16(6-11)28-9-27-15/h4-8H,3,9H2,1-2H3,(H,23,24). The molecule has 1 aromatic carbocycles. The van der Waals surface area contributed by atoms with E-state index in [2.05, 4.69) is 34.1 Å². The van der Waals surface area contributed by atoms with Crippen molar-refractivity contribution in [3.05, 3.63) is 41.0 Å². The minimum absolute atomic E-state index is 0.250. The molecular formula is C20H16N6O2S. The quantitative estimate of drug-likeness (QED) is 0.489. The van der Waals surface area contributed by atoms with Crippen molar-refractivity contribution >= 4 is 27.2 Å². The zero-order valence-corrected chi connectivity index (χ0v) is 16.6. The van der Waals surface area contributed by atoms with E-state index < -0.39 is 0 Å². The number of benzene rings is 1. The van der Waals surface area contributed by atoms with Crippen LogP contribution in [0.5, 0.6) is 11.5 Å². The first kappa shape index (κ1) is 16.5. The van der Waals surface area contributed by atoms with Crippen LogP contribution in [0.4, 0.5) is 0 Å². The third-order valence-corrected chi connectivity index (χ3v) is 6.23. The molecule has 0 bridgehead atoms. The molecule has 4 aromatic heterocycles. The number of fused-ring (bicyclic) bond motifs is 4. The summed E-state index contributed by atoms with van der Waals surface area (Å²) in [4.78, 5) is 11.6. The first-order chi connectivity index (χ1) is 14.2. The molecule has 1 aliphatic rings. The van der Waals surface area contributed by atoms with Gasteiger partial charge >= 0.3 is 0 Å². The SMILES string of the molecule is CCc1c(C)sc2ncn3nc(-c4cc(-c5ccc6c(c5)OCO6)n[nH]4)nc3c12. The second kappa shape index (κ2) is 6.02. The van der Waals surface area contributed by atoms with Crippen molar-refractivity contribution in [3.63, 3.8) is 0 Å². The van der Waals surface area contributed by atoms with Gasteiger partial charge in [-0.1, -0.05) is 6.92 Å². The average Bonchev–Trinajstić information content (AvgIpc) is 3.49. The van der Waals surface area contributed by atoms with E-state index >= 15 is 0 Å². The third kappa shape index (κ3) is 2.44. The van der Waals surface area contributed by atoms with Crippen LogP contribution in [0, 0.1) is 6.92 Å². The van der Waals surface area contributed by atoms with Crippen LogP contribution in [-0.4, -0.2) is 36.6 Å². The largest absolute Gasteiger partial charge is 0.454 e. The lowest BCUT2D eigenvalue weighted by molar-refractivity contribution is 0.174. The molecule has 0 atom stereocenters. The van der Waals surface area contributed by atoms with Gasteiger partial charge in [-0.2, -0.15) is 5.10 Å². The summed E-state index contributed by atoms with van der Waals surface area (Å²) in [6.07, 6.45) is 2.66. The van der Waals surface area contributed by atoms with Gasteiger partial charge in [0.2, 0.25) is 6.79 Å². The number of aryl methyl sites for hydroxylation is 2. The lowest BCUT2D eigenvalue weighted by atomic mass is 10.1. The van der Waals surface area contributed by atoms with E-state index in [1.807, 2.05) is 24.3 Å². The molecule has 0 unspecified atom stereocenters. The van der Waals surface area contributed by atoms with Crippen molar-refractivity contribution in [1.29, 1.82) is 0 Å². The first-order valence-corrected chi connectivity index (χ1v) is 10.1. The molecule has 0 spiro atoms. The number of thiophene rings is 1. The Morgan fingerprint density at radius 2 is 2.10 bits per heavy atom. The summed E-state index contributed by atoms with van der Waals surface area (Å²) in [5.74, 6) is 2.07. The fourth-order valence-electron chi connectivity index (χ4n) is 3.75. The van der Waals surface area contributed by atoms with Gasteiger partial charge in [0.05, 0.1) is 11.1 Å². The summed E-state index contributed by atoms with van der Waals surface area (Å²) in [5.41, 5.74) is 4.59. The molecule has 0 saturated heterocycles. The van der Waals surface area contributed by atoms with Crippen LogP contribution in [-0.2, 0) is 6.42 Å². The van der Waals surface area contributed by atoms with Crippen molar-refractivity contribution in [3.8, 4) is 34.3 Å². The van der Waals surface area contributed by atoms with Gasteiger partial charge < -0.3 is 9.47 Å². The number of nitrogens with one attached hydrogen (secondary N) is 1. The zero-order valence-electron chi connectivity index (χ0n) is 15.8. The van der Waals surface area contributed by atoms with Gasteiger partial charge in [0, 0.05) is 10.4 Å². The Morgan fingerprint density at radius 3 is 3.00 bits per heavy atom. The van der Waals surface area contributed by atoms with Crippen molar-refractivity contribution in [2.24, 2.45) is 0 Å². The van der Waals surface area contributed by atoms with Gasteiger partial charge in [0.15, 0.2) is 23.0 Å². The first-order valence-electron chi connectivity index (χ1n) is 9.30. The maximum Gasteiger partial charge on any atom is 0.231 e. The minimum atomic E-state index is 0.250. The predicted octanol–water partition coefficient (Wildman–Crippen LogP) is 4.00. The van der Waals surface area contributed by atoms with E-state index in [-0.39, 0.29) is 6.79 Å². The molecule has 0 saturated carbocycles. The summed E-state index contributed by atoms with van der Waals surface area (Å²) in [5, 5.41) is 13.2. The van der Waals surface area contributed by atoms with Crippen LogP contribution < -0.4 is 9.47 Å². The normalized spacial score (nSPS) is 13.0. The maximum atomic E-state index is 5.46. The predicted molar refractivity (Wildman–Crippen MR) is 109 cm³/mol. The van der Waals surface area contributed by atoms with Gasteiger partial charge in [-0.05, 0) is 43.2 Å². The monoisotopic (exact) mass is 404 g/mol. The van der Waals surface area contributed by atoms with Crippen molar-refractivity contribution in [1.82, 2.24) is 29.8 Å². The number of rotatable bonds is 3. The zero-order chi connectivity index (χ0) is 19.5. The number of hydrogen-bond acceptors (Lipinski definition) is 7. The summed E-state index contributed by atoms with van der Waals surface area (Å²) in [6.45, 7) is 4.54. The molecule has 0 aliphatic carbocycles. The highest BCUT2D eigenvalue weighted by Crippen LogP contribution is 2.36. The van der Waals surface area contributed by atoms with Crippen molar-refractivity contribution < 1.29 is 9.47 Å². The average molecular weight is 404 g/mol. The van der Waals surface area contributed by atoms with E-state index in [9.17, 15) is 0 Å². The summed E-state index contributed by atoms with van der Waals surface area (Å²) in [7, 11) is 0. The lowest BCUT2D eigenvalue weighted by Gasteiger charge is -1.98. The molecular weight excluding hydrogens is 388 g/mol. The summed E-state index contributed by atoms with van der Waals surface area (Å²) >= 11 is 1.70. The highest BCUT2D eigenvalue weighted by Gasteiger charge is 2.19. The highest BCUT2D eigenvalue weighted by molar-refractivity contribution is 7.18. The Balaban J connectivity index is 1.45. The number of hydrogen-bond donors (Lipinski definition) is 1. The van der Waals surface area contributed by atoms with Crippen LogP contribution in [0.15, 0.2) is 30.6 Å². The molecule has 1 N–H and O–H groups in total. The fourth-order valence-corrected chi connectivity index (χ4v) is 4.82. The number of H-pyrrole nitrogens is 1. The van der Waals surface area contributed by atoms with Crippen LogP contribution in [0.25, 0.3) is 38.6 Å². The van der Waals surface area contributed by atoms with Crippen LogP contribution in [0.3, 0.4) is 0 Å². The topological polar surface area (TPSA) is 90.2 Å². The Labute approximate surface area is 169 Å². The smallest absolute Gasteiger partial charge is 0.231 e. The Bertz CT molecular complexity index is 1400. The molecule has 0 fully saturated rings. The van der Waals surface area contributed by atoms with Gasteiger partial charge in [0.25, 0.3) is 0 Å². The second-order valence-electron chi connectivity index (χ2n) is 6.85. The second-order valence-corrected chi connectivity index (χ2v) is 8.06. The van der Waals surface area contributed by atoms with Crippen molar-refractivity contribution in [2.75, 3.05) is 6.79 Å². The van der Waals surface area contributed by atoms with E-state index in [0.29, 0.717) is 5.82 Å². The van der Waals surface area contributed by atoms with Crippen molar-refractivity contribution in [2.45, 2.75) is 20.3 Å². The van der Waals surface area contributed by atoms with Crippen LogP contribution in [0.1, 0.15) is 17.4 Å². The van der Waals surface area contributed by atoms with Crippen LogP contribution >= 0.6 is 11.3 Å². The van der Waals surface area contributed by atoms with Gasteiger partial charge in [-0.3, -0.25) is 5.10 Å². The highest BCUT2D eigenvalue weighted by atomic mass is 32.1. The number of nitrogens with zero attached hydrogens (tertiary/aromatic N) is 5. The summed E-state index contributed by atoms with van der Waals surface area (Å²) in [6, 6.07) is 7.72. The fraction of sp³-hybridized carbons (Fsp3) is 0.200. The molecule has 0 radical (unpaired) electrons. The van der Waals surface area contributed by atoms with Gasteiger partial charge in [0.1, 0.15) is 16.9 Å². The molecule has 8 nitrogen and oxygen atoms in total. The number of aromatic amines is 1. The van der Waals surface area contributed by atoms with Gasteiger partial charge in [-0.15, -0.1) is 16.4 Å². The van der Waals surface area contributed by atoms with E-state index in [1.54, 1.807) is 22.2 Å². The Kier molecular flexibility index (Phi) is 3.42. The number of ether oxygens (including phenoxy) is 2. The maximum absolute atomic E-state index is 5.46. The van der Waals surface area contributed by atoms with Gasteiger partial charge in [-0.25, -0.2) is 14.5 Å². The molecule has 5 aromatic rings. The molecule has 29 heavy (non-hydrogen) atoms. The van der Waals surface area contributed by atoms with E-state index in [1.165, 1.54) is 10.4 Å². The molecule has 0 amide bonds. The van der Waals surface area contributed by atoms with E-state index in [0.717, 1.165) is 50.7 Å². The summed E-state index contributed by atoms with van der Waals surface area (Å²) < 4.78 is 12.6. The van der Waals surface area contributed by atoms with Crippen LogP contribution in [0.2, 0.25) is 0 Å². The Hall–Kier alpha value is -3.46. The molecule has 1 aliphatic heterocycles. The molecule has 9 heteroatoms. The molecule has 144 valence electrons. The number of aromatic nitrogens is 6.